The molecule has 4 N–H and O–H groups in total. The molecule has 1 aromatic heterocycles. The Bertz CT molecular complexity index is 369. The molecule has 88 valence electrons. The minimum Gasteiger partial charge on any atom is -0.391 e. The van der Waals surface area contributed by atoms with Crippen molar-refractivity contribution in [1.82, 2.24) is 9.97 Å². The molecule has 2 atom stereocenters. The summed E-state index contributed by atoms with van der Waals surface area (Å²) in [5, 5.41) is 13.1. The van der Waals surface area contributed by atoms with Gasteiger partial charge in [-0.3, -0.25) is 0 Å². The van der Waals surface area contributed by atoms with Gasteiger partial charge in [-0.25, -0.2) is 4.98 Å². The van der Waals surface area contributed by atoms with Gasteiger partial charge in [0.2, 0.25) is 5.95 Å². The van der Waals surface area contributed by atoms with E-state index >= 15 is 0 Å². The van der Waals surface area contributed by atoms with Crippen LogP contribution in [-0.4, -0.2) is 27.2 Å². The van der Waals surface area contributed by atoms with Crippen LogP contribution in [0.1, 0.15) is 31.2 Å². The molecule has 5 nitrogen and oxygen atoms in total. The highest BCUT2D eigenvalue weighted by atomic mass is 16.3. The van der Waals surface area contributed by atoms with Crippen LogP contribution in [0.3, 0.4) is 0 Å². The maximum Gasteiger partial charge on any atom is 0.221 e. The van der Waals surface area contributed by atoms with E-state index in [4.69, 9.17) is 5.73 Å². The summed E-state index contributed by atoms with van der Waals surface area (Å²) < 4.78 is 0. The van der Waals surface area contributed by atoms with Crippen molar-refractivity contribution < 1.29 is 5.11 Å². The Morgan fingerprint density at radius 1 is 1.44 bits per heavy atom. The summed E-state index contributed by atoms with van der Waals surface area (Å²) in [6.45, 7) is 1.93. The third kappa shape index (κ3) is 2.41. The first-order valence-corrected chi connectivity index (χ1v) is 5.70. The van der Waals surface area contributed by atoms with Gasteiger partial charge in [0.15, 0.2) is 0 Å². The topological polar surface area (TPSA) is 84.1 Å². The van der Waals surface area contributed by atoms with Gasteiger partial charge in [-0.15, -0.1) is 0 Å². The Morgan fingerprint density at radius 3 is 2.94 bits per heavy atom. The second-order valence-electron chi connectivity index (χ2n) is 4.36. The van der Waals surface area contributed by atoms with Crippen molar-refractivity contribution in [3.05, 3.63) is 11.8 Å². The first-order chi connectivity index (χ1) is 7.66. The van der Waals surface area contributed by atoms with Crippen molar-refractivity contribution in [2.45, 2.75) is 44.8 Å². The fourth-order valence-corrected chi connectivity index (χ4v) is 2.06. The molecule has 0 amide bonds. The van der Waals surface area contributed by atoms with Crippen LogP contribution in [0.4, 0.5) is 11.8 Å². The van der Waals surface area contributed by atoms with Gasteiger partial charge in [0.05, 0.1) is 12.1 Å². The predicted molar refractivity (Wildman–Crippen MR) is 63.1 cm³/mol. The maximum atomic E-state index is 9.85. The van der Waals surface area contributed by atoms with Crippen LogP contribution >= 0.6 is 0 Å². The number of aryl methyl sites for hydroxylation is 1. The molecular formula is C11H18N4O. The summed E-state index contributed by atoms with van der Waals surface area (Å²) in [5.74, 6) is 0.997. The third-order valence-corrected chi connectivity index (χ3v) is 3.04. The van der Waals surface area contributed by atoms with Gasteiger partial charge in [-0.05, 0) is 19.8 Å². The van der Waals surface area contributed by atoms with E-state index in [0.29, 0.717) is 0 Å². The first-order valence-electron chi connectivity index (χ1n) is 5.70. The highest BCUT2D eigenvalue weighted by Gasteiger charge is 2.23. The summed E-state index contributed by atoms with van der Waals surface area (Å²) >= 11 is 0. The second-order valence-corrected chi connectivity index (χ2v) is 4.36. The van der Waals surface area contributed by atoms with E-state index in [2.05, 4.69) is 15.3 Å². The van der Waals surface area contributed by atoms with E-state index in [1.165, 1.54) is 0 Å². The van der Waals surface area contributed by atoms with Crippen molar-refractivity contribution >= 4 is 11.8 Å². The van der Waals surface area contributed by atoms with Crippen LogP contribution in [0.25, 0.3) is 0 Å². The number of anilines is 2. The number of nitrogens with two attached hydrogens (primary N) is 1. The van der Waals surface area contributed by atoms with Crippen molar-refractivity contribution in [3.63, 3.8) is 0 Å². The quantitative estimate of drug-likeness (QED) is 0.697. The predicted octanol–water partition coefficient (Wildman–Crippen LogP) is 1.08. The number of nitrogen functional groups attached to an aromatic ring is 1. The Hall–Kier alpha value is -1.36. The zero-order valence-electron chi connectivity index (χ0n) is 9.48. The van der Waals surface area contributed by atoms with Crippen molar-refractivity contribution in [2.75, 3.05) is 11.1 Å². The summed E-state index contributed by atoms with van der Waals surface area (Å²) in [6.07, 6.45) is 5.49. The van der Waals surface area contributed by atoms with E-state index < -0.39 is 0 Å². The van der Waals surface area contributed by atoms with E-state index in [0.717, 1.165) is 37.1 Å². The summed E-state index contributed by atoms with van der Waals surface area (Å²) in [5.41, 5.74) is 6.49. The molecule has 1 heterocycles. The standard InChI is InChI=1S/C11H18N4O/c1-7-6-13-11(12)15-10(7)14-8-4-2-3-5-9(8)16/h6,8-9,16H,2-5H2,1H3,(H3,12,13,14,15). The van der Waals surface area contributed by atoms with Gasteiger partial charge < -0.3 is 16.2 Å². The number of nitrogens with one attached hydrogen (secondary N) is 1. The molecule has 0 saturated heterocycles. The molecule has 1 aromatic rings. The average Bonchev–Trinajstić information content (AvgIpc) is 2.27. The molecule has 16 heavy (non-hydrogen) atoms. The minimum absolute atomic E-state index is 0.0850. The van der Waals surface area contributed by atoms with E-state index in [1.807, 2.05) is 6.92 Å². The van der Waals surface area contributed by atoms with E-state index in [-0.39, 0.29) is 18.1 Å². The smallest absolute Gasteiger partial charge is 0.221 e. The Morgan fingerprint density at radius 2 is 2.19 bits per heavy atom. The zero-order chi connectivity index (χ0) is 11.5. The van der Waals surface area contributed by atoms with Crippen LogP contribution < -0.4 is 11.1 Å². The third-order valence-electron chi connectivity index (χ3n) is 3.04. The van der Waals surface area contributed by atoms with Gasteiger partial charge in [0, 0.05) is 11.8 Å². The number of hydrogen-bond donors (Lipinski definition) is 3. The lowest BCUT2D eigenvalue weighted by molar-refractivity contribution is 0.116. The van der Waals surface area contributed by atoms with Gasteiger partial charge in [-0.1, -0.05) is 12.8 Å². The molecule has 5 heteroatoms. The summed E-state index contributed by atoms with van der Waals surface area (Å²) in [7, 11) is 0. The van der Waals surface area contributed by atoms with E-state index in [9.17, 15) is 5.11 Å². The monoisotopic (exact) mass is 222 g/mol. The van der Waals surface area contributed by atoms with Gasteiger partial charge in [0.25, 0.3) is 0 Å². The number of aliphatic hydroxyl groups excluding tert-OH is 1. The summed E-state index contributed by atoms with van der Waals surface area (Å²) in [4.78, 5) is 8.06. The molecule has 1 aliphatic rings. The molecule has 0 bridgehead atoms. The van der Waals surface area contributed by atoms with Crippen LogP contribution in [0, 0.1) is 6.92 Å². The van der Waals surface area contributed by atoms with Gasteiger partial charge in [-0.2, -0.15) is 4.98 Å². The molecule has 2 rings (SSSR count). The maximum absolute atomic E-state index is 9.85. The van der Waals surface area contributed by atoms with Crippen LogP contribution in [0.15, 0.2) is 6.20 Å². The van der Waals surface area contributed by atoms with Crippen LogP contribution in [0.2, 0.25) is 0 Å². The van der Waals surface area contributed by atoms with Crippen LogP contribution in [0.5, 0.6) is 0 Å². The average molecular weight is 222 g/mol. The Kier molecular flexibility index (Phi) is 3.24. The molecule has 0 aliphatic heterocycles. The number of aromatic nitrogens is 2. The normalized spacial score (nSPS) is 25.4. The molecule has 0 aromatic carbocycles. The SMILES string of the molecule is Cc1cnc(N)nc1NC1CCCCC1O. The van der Waals surface area contributed by atoms with Crippen LogP contribution in [-0.2, 0) is 0 Å². The number of rotatable bonds is 2. The molecular weight excluding hydrogens is 204 g/mol. The molecule has 1 fully saturated rings. The molecule has 2 unspecified atom stereocenters. The molecule has 1 aliphatic carbocycles. The number of nitrogens with zero attached hydrogens (tertiary/aromatic N) is 2. The summed E-state index contributed by atoms with van der Waals surface area (Å²) in [6, 6.07) is 0.0850. The molecule has 0 radical (unpaired) electrons. The fraction of sp³-hybridized carbons (Fsp3) is 0.636. The number of hydrogen-bond acceptors (Lipinski definition) is 5. The lowest BCUT2D eigenvalue weighted by atomic mass is 9.92. The lowest BCUT2D eigenvalue weighted by Gasteiger charge is -2.29. The lowest BCUT2D eigenvalue weighted by Crippen LogP contribution is -2.36. The van der Waals surface area contributed by atoms with Crippen molar-refractivity contribution in [3.8, 4) is 0 Å². The van der Waals surface area contributed by atoms with Crippen molar-refractivity contribution in [1.29, 1.82) is 0 Å². The highest BCUT2D eigenvalue weighted by Crippen LogP contribution is 2.22. The molecule has 1 saturated carbocycles. The Labute approximate surface area is 95.1 Å². The molecule has 0 spiro atoms. The van der Waals surface area contributed by atoms with Gasteiger partial charge >= 0.3 is 0 Å². The fourth-order valence-electron chi connectivity index (χ4n) is 2.06. The number of aliphatic hydroxyl groups is 1. The minimum atomic E-state index is -0.288. The van der Waals surface area contributed by atoms with Gasteiger partial charge in [0.1, 0.15) is 5.82 Å². The van der Waals surface area contributed by atoms with E-state index in [1.54, 1.807) is 6.20 Å². The second kappa shape index (κ2) is 4.65. The largest absolute Gasteiger partial charge is 0.391 e. The van der Waals surface area contributed by atoms with Crippen molar-refractivity contribution in [2.24, 2.45) is 0 Å². The highest BCUT2D eigenvalue weighted by molar-refractivity contribution is 5.46. The Balaban J connectivity index is 2.10. The zero-order valence-corrected chi connectivity index (χ0v) is 9.48. The first kappa shape index (κ1) is 11.1.